The molecule has 1 saturated heterocycles. The fourth-order valence-electron chi connectivity index (χ4n) is 3.49. The lowest BCUT2D eigenvalue weighted by Gasteiger charge is -2.37. The van der Waals surface area contributed by atoms with Crippen LogP contribution >= 0.6 is 0 Å². The van der Waals surface area contributed by atoms with Crippen LogP contribution in [0.15, 0.2) is 48.5 Å². The summed E-state index contributed by atoms with van der Waals surface area (Å²) in [5.74, 6) is 0.344. The Bertz CT molecular complexity index is 844. The van der Waals surface area contributed by atoms with Crippen molar-refractivity contribution in [2.24, 2.45) is 0 Å². The number of benzene rings is 2. The van der Waals surface area contributed by atoms with Crippen molar-refractivity contribution in [3.63, 3.8) is 0 Å². The first kappa shape index (κ1) is 19.7. The van der Waals surface area contributed by atoms with Crippen LogP contribution in [0.4, 0.5) is 11.4 Å². The minimum Gasteiger partial charge on any atom is -0.495 e. The van der Waals surface area contributed by atoms with E-state index in [9.17, 15) is 9.59 Å². The van der Waals surface area contributed by atoms with E-state index in [-0.39, 0.29) is 18.4 Å². The number of hydrogen-bond donors (Lipinski definition) is 0. The third-order valence-electron chi connectivity index (χ3n) is 5.05. The van der Waals surface area contributed by atoms with Gasteiger partial charge in [-0.3, -0.25) is 14.5 Å². The predicted molar refractivity (Wildman–Crippen MR) is 111 cm³/mol. The van der Waals surface area contributed by atoms with E-state index in [1.165, 1.54) is 23.1 Å². The number of piperazine rings is 1. The number of hydrogen-bond acceptors (Lipinski definition) is 4. The van der Waals surface area contributed by atoms with E-state index in [1.54, 1.807) is 19.2 Å². The van der Waals surface area contributed by atoms with Crippen molar-refractivity contribution in [1.82, 2.24) is 4.90 Å². The molecule has 1 aliphatic heterocycles. The second-order valence-corrected chi connectivity index (χ2v) is 6.98. The molecule has 2 aromatic carbocycles. The summed E-state index contributed by atoms with van der Waals surface area (Å²) in [6.45, 7) is 6.41. The van der Waals surface area contributed by atoms with Gasteiger partial charge in [-0.1, -0.05) is 24.3 Å². The van der Waals surface area contributed by atoms with E-state index in [0.29, 0.717) is 24.5 Å². The van der Waals surface area contributed by atoms with E-state index in [1.807, 2.05) is 17.0 Å². The molecular formula is C22H27N3O3. The first-order chi connectivity index (χ1) is 13.5. The zero-order chi connectivity index (χ0) is 20.1. The van der Waals surface area contributed by atoms with Gasteiger partial charge in [0.1, 0.15) is 12.3 Å². The third-order valence-corrected chi connectivity index (χ3v) is 5.05. The van der Waals surface area contributed by atoms with Crippen LogP contribution in [0.5, 0.6) is 5.75 Å². The van der Waals surface area contributed by atoms with Crippen LogP contribution in [0.1, 0.15) is 12.5 Å². The van der Waals surface area contributed by atoms with Crippen molar-refractivity contribution in [1.29, 1.82) is 0 Å². The first-order valence-electron chi connectivity index (χ1n) is 9.50. The Morgan fingerprint density at radius 1 is 1.04 bits per heavy atom. The number of carbonyl (C=O) groups is 2. The number of anilines is 2. The van der Waals surface area contributed by atoms with Crippen molar-refractivity contribution in [3.05, 3.63) is 54.1 Å². The Morgan fingerprint density at radius 3 is 2.39 bits per heavy atom. The number of methoxy groups -OCH3 is 1. The Labute approximate surface area is 166 Å². The molecule has 6 nitrogen and oxygen atoms in total. The molecular weight excluding hydrogens is 354 g/mol. The van der Waals surface area contributed by atoms with Gasteiger partial charge < -0.3 is 14.5 Å². The standard InChI is InChI=1S/C22H27N3O3/c1-17-7-6-8-19(15-17)23-11-13-24(14-12-23)22(27)16-25(18(2)26)20-9-4-5-10-21(20)28-3/h4-10,15H,11-14,16H2,1-3H3. The molecule has 0 spiro atoms. The fraction of sp³-hybridized carbons (Fsp3) is 0.364. The molecule has 0 aromatic heterocycles. The SMILES string of the molecule is COc1ccccc1N(CC(=O)N1CCN(c2cccc(C)c2)CC1)C(C)=O. The Morgan fingerprint density at radius 2 is 1.75 bits per heavy atom. The van der Waals surface area contributed by atoms with E-state index in [4.69, 9.17) is 4.74 Å². The maximum Gasteiger partial charge on any atom is 0.242 e. The molecule has 1 aliphatic rings. The van der Waals surface area contributed by atoms with Crippen molar-refractivity contribution >= 4 is 23.2 Å². The monoisotopic (exact) mass is 381 g/mol. The minimum absolute atomic E-state index is 0.0140. The molecule has 0 atom stereocenters. The van der Waals surface area contributed by atoms with Gasteiger partial charge in [0.2, 0.25) is 11.8 Å². The molecule has 0 N–H and O–H groups in total. The topological polar surface area (TPSA) is 53.1 Å². The average molecular weight is 381 g/mol. The van der Waals surface area contributed by atoms with E-state index >= 15 is 0 Å². The van der Waals surface area contributed by atoms with Crippen molar-refractivity contribution < 1.29 is 14.3 Å². The molecule has 28 heavy (non-hydrogen) atoms. The van der Waals surface area contributed by atoms with Crippen LogP contribution in [-0.2, 0) is 9.59 Å². The van der Waals surface area contributed by atoms with E-state index in [0.717, 1.165) is 13.1 Å². The van der Waals surface area contributed by atoms with Gasteiger partial charge in [0.05, 0.1) is 12.8 Å². The van der Waals surface area contributed by atoms with Crippen LogP contribution in [0.2, 0.25) is 0 Å². The molecule has 0 aliphatic carbocycles. The van der Waals surface area contributed by atoms with Gasteiger partial charge >= 0.3 is 0 Å². The highest BCUT2D eigenvalue weighted by Crippen LogP contribution is 2.28. The number of carbonyl (C=O) groups excluding carboxylic acids is 2. The van der Waals surface area contributed by atoms with Gasteiger partial charge in [-0.25, -0.2) is 0 Å². The van der Waals surface area contributed by atoms with E-state index < -0.39 is 0 Å². The zero-order valence-corrected chi connectivity index (χ0v) is 16.7. The third kappa shape index (κ3) is 4.44. The second-order valence-electron chi connectivity index (χ2n) is 6.98. The smallest absolute Gasteiger partial charge is 0.242 e. The molecule has 1 fully saturated rings. The van der Waals surface area contributed by atoms with E-state index in [2.05, 4.69) is 36.1 Å². The first-order valence-corrected chi connectivity index (χ1v) is 9.50. The number of amides is 2. The number of nitrogens with zero attached hydrogens (tertiary/aromatic N) is 3. The molecule has 2 amide bonds. The summed E-state index contributed by atoms with van der Waals surface area (Å²) in [6, 6.07) is 15.7. The molecule has 0 unspecified atom stereocenters. The van der Waals surface area contributed by atoms with Gasteiger partial charge in [0, 0.05) is 38.8 Å². The molecule has 2 aromatic rings. The predicted octanol–water partition coefficient (Wildman–Crippen LogP) is 2.71. The minimum atomic E-state index is -0.184. The fourth-order valence-corrected chi connectivity index (χ4v) is 3.49. The molecule has 0 bridgehead atoms. The molecule has 0 radical (unpaired) electrons. The average Bonchev–Trinajstić information content (AvgIpc) is 2.71. The summed E-state index contributed by atoms with van der Waals surface area (Å²) in [4.78, 5) is 30.6. The Balaban J connectivity index is 1.65. The van der Waals surface area contributed by atoms with Crippen LogP contribution in [0.3, 0.4) is 0 Å². The van der Waals surface area contributed by atoms with Gasteiger partial charge in [0.25, 0.3) is 0 Å². The Hall–Kier alpha value is -3.02. The van der Waals surface area contributed by atoms with Crippen molar-refractivity contribution in [2.75, 3.05) is 49.6 Å². The highest BCUT2D eigenvalue weighted by atomic mass is 16.5. The molecule has 6 heteroatoms. The number of rotatable bonds is 5. The summed E-state index contributed by atoms with van der Waals surface area (Å²) >= 11 is 0. The van der Waals surface area contributed by atoms with Crippen LogP contribution in [0, 0.1) is 6.92 Å². The van der Waals surface area contributed by atoms with Gasteiger partial charge in [-0.15, -0.1) is 0 Å². The zero-order valence-electron chi connectivity index (χ0n) is 16.7. The Kier molecular flexibility index (Phi) is 6.19. The molecule has 1 heterocycles. The largest absolute Gasteiger partial charge is 0.495 e. The van der Waals surface area contributed by atoms with Crippen molar-refractivity contribution in [2.45, 2.75) is 13.8 Å². The van der Waals surface area contributed by atoms with Gasteiger partial charge in [-0.2, -0.15) is 0 Å². The number of ether oxygens (including phenoxy) is 1. The van der Waals surface area contributed by atoms with Gasteiger partial charge in [0.15, 0.2) is 0 Å². The summed E-state index contributed by atoms with van der Waals surface area (Å²) in [5, 5.41) is 0. The maximum atomic E-state index is 12.9. The quantitative estimate of drug-likeness (QED) is 0.799. The lowest BCUT2D eigenvalue weighted by molar-refractivity contribution is -0.131. The summed E-state index contributed by atoms with van der Waals surface area (Å²) in [7, 11) is 1.56. The highest BCUT2D eigenvalue weighted by Gasteiger charge is 2.25. The normalized spacial score (nSPS) is 14.0. The second kappa shape index (κ2) is 8.78. The molecule has 3 rings (SSSR count). The van der Waals surface area contributed by atoms with Crippen molar-refractivity contribution in [3.8, 4) is 5.75 Å². The summed E-state index contributed by atoms with van der Waals surface area (Å²) in [5.41, 5.74) is 3.03. The van der Waals surface area contributed by atoms with Crippen LogP contribution in [0.25, 0.3) is 0 Å². The lowest BCUT2D eigenvalue weighted by atomic mass is 10.2. The summed E-state index contributed by atoms with van der Waals surface area (Å²) in [6.07, 6.45) is 0. The molecule has 0 saturated carbocycles. The maximum absolute atomic E-state index is 12.9. The van der Waals surface area contributed by atoms with Gasteiger partial charge in [-0.05, 0) is 36.8 Å². The van der Waals surface area contributed by atoms with Crippen LogP contribution in [-0.4, -0.2) is 56.5 Å². The number of aryl methyl sites for hydroxylation is 1. The lowest BCUT2D eigenvalue weighted by Crippen LogP contribution is -2.51. The number of para-hydroxylation sites is 2. The highest BCUT2D eigenvalue weighted by molar-refractivity contribution is 5.98. The molecule has 148 valence electrons. The summed E-state index contributed by atoms with van der Waals surface area (Å²) < 4.78 is 5.35. The van der Waals surface area contributed by atoms with Crippen LogP contribution < -0.4 is 14.5 Å².